The fourth-order valence-electron chi connectivity index (χ4n) is 4.56. The van der Waals surface area contributed by atoms with Crippen molar-refractivity contribution in [1.29, 1.82) is 0 Å². The number of rotatable bonds is 5. The molecule has 1 amide bonds. The van der Waals surface area contributed by atoms with Gasteiger partial charge in [-0.25, -0.2) is 0 Å². The summed E-state index contributed by atoms with van der Waals surface area (Å²) in [5.41, 5.74) is 1.07. The standard InChI is InChI=1S/C22H34N2O2/c1-4-21(25)24(19-8-6-5-7-9-19)20-10-13-23(14-11-20)17-18-12-15-26-22(2,3)16-18/h5-9,18,20H,4,10-17H2,1-3H3/t18-/m0/s1. The Hall–Kier alpha value is -1.39. The summed E-state index contributed by atoms with van der Waals surface area (Å²) in [5, 5.41) is 0. The molecule has 1 aromatic carbocycles. The van der Waals surface area contributed by atoms with Crippen LogP contribution in [0.1, 0.15) is 52.9 Å². The summed E-state index contributed by atoms with van der Waals surface area (Å²) in [6, 6.07) is 10.5. The molecule has 0 aliphatic carbocycles. The van der Waals surface area contributed by atoms with E-state index in [1.165, 1.54) is 13.0 Å². The molecule has 0 bridgehead atoms. The first kappa shape index (κ1) is 19.4. The molecule has 0 radical (unpaired) electrons. The van der Waals surface area contributed by atoms with Gasteiger partial charge in [-0.2, -0.15) is 0 Å². The molecule has 3 rings (SSSR count). The second-order valence-corrected chi connectivity index (χ2v) is 8.45. The molecule has 0 spiro atoms. The van der Waals surface area contributed by atoms with Gasteiger partial charge in [-0.1, -0.05) is 25.1 Å². The normalized spacial score (nSPS) is 24.3. The zero-order chi connectivity index (χ0) is 18.6. The minimum atomic E-state index is 0.0267. The Balaban J connectivity index is 1.57. The zero-order valence-electron chi connectivity index (χ0n) is 16.6. The summed E-state index contributed by atoms with van der Waals surface area (Å²) in [6.07, 6.45) is 5.01. The van der Waals surface area contributed by atoms with Crippen molar-refractivity contribution in [2.24, 2.45) is 5.92 Å². The molecule has 2 heterocycles. The SMILES string of the molecule is CCC(=O)N(c1ccccc1)C1CCN(C[C@H]2CCOC(C)(C)C2)CC1. The minimum absolute atomic E-state index is 0.0267. The predicted octanol–water partition coefficient (Wildman–Crippen LogP) is 4.10. The molecule has 1 atom stereocenters. The highest BCUT2D eigenvalue weighted by Crippen LogP contribution is 2.30. The van der Waals surface area contributed by atoms with Crippen molar-refractivity contribution in [3.8, 4) is 0 Å². The fourth-order valence-corrected chi connectivity index (χ4v) is 4.56. The van der Waals surface area contributed by atoms with E-state index in [0.29, 0.717) is 12.5 Å². The van der Waals surface area contributed by atoms with Crippen LogP contribution in [0.15, 0.2) is 30.3 Å². The van der Waals surface area contributed by atoms with Gasteiger partial charge < -0.3 is 14.5 Å². The van der Waals surface area contributed by atoms with Crippen LogP contribution in [0.5, 0.6) is 0 Å². The minimum Gasteiger partial charge on any atom is -0.376 e. The smallest absolute Gasteiger partial charge is 0.226 e. The van der Waals surface area contributed by atoms with Gasteiger partial charge >= 0.3 is 0 Å². The van der Waals surface area contributed by atoms with Gasteiger partial charge in [-0.3, -0.25) is 4.79 Å². The first-order valence-electron chi connectivity index (χ1n) is 10.2. The van der Waals surface area contributed by atoms with Crippen LogP contribution in [0.4, 0.5) is 5.69 Å². The molecule has 0 saturated carbocycles. The predicted molar refractivity (Wildman–Crippen MR) is 106 cm³/mol. The summed E-state index contributed by atoms with van der Waals surface area (Å²) in [6.45, 7) is 10.6. The third-order valence-electron chi connectivity index (χ3n) is 5.84. The first-order chi connectivity index (χ1) is 12.5. The summed E-state index contributed by atoms with van der Waals surface area (Å²) in [4.78, 5) is 17.2. The lowest BCUT2D eigenvalue weighted by Crippen LogP contribution is -2.49. The molecule has 0 aromatic heterocycles. The molecule has 4 heteroatoms. The van der Waals surface area contributed by atoms with Crippen LogP contribution >= 0.6 is 0 Å². The number of likely N-dealkylation sites (tertiary alicyclic amines) is 1. The Morgan fingerprint density at radius 3 is 2.50 bits per heavy atom. The third kappa shape index (κ3) is 4.86. The van der Waals surface area contributed by atoms with Gasteiger partial charge in [0.25, 0.3) is 0 Å². The van der Waals surface area contributed by atoms with E-state index in [1.807, 2.05) is 25.1 Å². The Kier molecular flexibility index (Phi) is 6.36. The van der Waals surface area contributed by atoms with Crippen molar-refractivity contribution in [3.63, 3.8) is 0 Å². The number of hydrogen-bond acceptors (Lipinski definition) is 3. The maximum absolute atomic E-state index is 12.6. The zero-order valence-corrected chi connectivity index (χ0v) is 16.6. The maximum atomic E-state index is 12.6. The fraction of sp³-hybridized carbons (Fsp3) is 0.682. The van der Waals surface area contributed by atoms with E-state index in [1.54, 1.807) is 0 Å². The Labute approximate surface area is 158 Å². The van der Waals surface area contributed by atoms with Crippen LogP contribution in [-0.4, -0.2) is 48.7 Å². The molecular weight excluding hydrogens is 324 g/mol. The summed E-state index contributed by atoms with van der Waals surface area (Å²) in [7, 11) is 0. The average Bonchev–Trinajstić information content (AvgIpc) is 2.63. The van der Waals surface area contributed by atoms with Gasteiger partial charge in [0.15, 0.2) is 0 Å². The summed E-state index contributed by atoms with van der Waals surface area (Å²) < 4.78 is 5.86. The van der Waals surface area contributed by atoms with E-state index in [2.05, 4.69) is 35.8 Å². The molecular formula is C22H34N2O2. The van der Waals surface area contributed by atoms with E-state index in [4.69, 9.17) is 4.74 Å². The number of carbonyl (C=O) groups excluding carboxylic acids is 1. The maximum Gasteiger partial charge on any atom is 0.226 e. The van der Waals surface area contributed by atoms with Gasteiger partial charge in [0.2, 0.25) is 5.91 Å². The summed E-state index contributed by atoms with van der Waals surface area (Å²) in [5.74, 6) is 0.971. The highest BCUT2D eigenvalue weighted by atomic mass is 16.5. The monoisotopic (exact) mass is 358 g/mol. The average molecular weight is 359 g/mol. The number of amides is 1. The highest BCUT2D eigenvalue weighted by Gasteiger charge is 2.32. The second kappa shape index (κ2) is 8.53. The number of para-hydroxylation sites is 1. The molecule has 144 valence electrons. The first-order valence-corrected chi connectivity index (χ1v) is 10.2. The van der Waals surface area contributed by atoms with Gasteiger partial charge in [0.05, 0.1) is 5.60 Å². The van der Waals surface area contributed by atoms with Gasteiger partial charge in [-0.05, 0) is 57.6 Å². The largest absolute Gasteiger partial charge is 0.376 e. The number of carbonyl (C=O) groups is 1. The Morgan fingerprint density at radius 1 is 1.19 bits per heavy atom. The van der Waals surface area contributed by atoms with Crippen LogP contribution in [-0.2, 0) is 9.53 Å². The molecule has 2 aliphatic heterocycles. The van der Waals surface area contributed by atoms with Crippen molar-refractivity contribution in [2.45, 2.75) is 64.5 Å². The lowest BCUT2D eigenvalue weighted by Gasteiger charge is -2.42. The molecule has 0 unspecified atom stereocenters. The van der Waals surface area contributed by atoms with Gasteiger partial charge in [-0.15, -0.1) is 0 Å². The Bertz CT molecular complexity index is 579. The summed E-state index contributed by atoms with van der Waals surface area (Å²) >= 11 is 0. The van der Waals surface area contributed by atoms with Crippen LogP contribution in [0.3, 0.4) is 0 Å². The molecule has 1 aromatic rings. The van der Waals surface area contributed by atoms with Crippen molar-refractivity contribution in [1.82, 2.24) is 4.90 Å². The molecule has 2 saturated heterocycles. The van der Waals surface area contributed by atoms with Gasteiger partial charge in [0, 0.05) is 44.4 Å². The van der Waals surface area contributed by atoms with Crippen molar-refractivity contribution in [2.75, 3.05) is 31.1 Å². The van der Waals surface area contributed by atoms with Crippen LogP contribution in [0.2, 0.25) is 0 Å². The lowest BCUT2D eigenvalue weighted by molar-refractivity contribution is -0.119. The van der Waals surface area contributed by atoms with E-state index in [0.717, 1.165) is 50.6 Å². The van der Waals surface area contributed by atoms with Crippen LogP contribution < -0.4 is 4.90 Å². The van der Waals surface area contributed by atoms with E-state index in [-0.39, 0.29) is 11.5 Å². The number of anilines is 1. The lowest BCUT2D eigenvalue weighted by atomic mass is 9.87. The molecule has 26 heavy (non-hydrogen) atoms. The topological polar surface area (TPSA) is 32.8 Å². The van der Waals surface area contributed by atoms with Gasteiger partial charge in [0.1, 0.15) is 0 Å². The van der Waals surface area contributed by atoms with Crippen molar-refractivity contribution in [3.05, 3.63) is 30.3 Å². The highest BCUT2D eigenvalue weighted by molar-refractivity contribution is 5.93. The Morgan fingerprint density at radius 2 is 1.88 bits per heavy atom. The van der Waals surface area contributed by atoms with Crippen molar-refractivity contribution >= 4 is 11.6 Å². The second-order valence-electron chi connectivity index (χ2n) is 8.45. The van der Waals surface area contributed by atoms with E-state index in [9.17, 15) is 4.79 Å². The third-order valence-corrected chi connectivity index (χ3v) is 5.84. The number of nitrogens with zero attached hydrogens (tertiary/aromatic N) is 2. The molecule has 4 nitrogen and oxygen atoms in total. The van der Waals surface area contributed by atoms with Crippen molar-refractivity contribution < 1.29 is 9.53 Å². The number of hydrogen-bond donors (Lipinski definition) is 0. The molecule has 2 fully saturated rings. The van der Waals surface area contributed by atoms with Crippen LogP contribution in [0.25, 0.3) is 0 Å². The van der Waals surface area contributed by atoms with E-state index < -0.39 is 0 Å². The van der Waals surface area contributed by atoms with E-state index >= 15 is 0 Å². The molecule has 2 aliphatic rings. The number of piperidine rings is 1. The molecule has 0 N–H and O–H groups in total. The number of benzene rings is 1. The van der Waals surface area contributed by atoms with Crippen LogP contribution in [0, 0.1) is 5.92 Å². The quantitative estimate of drug-likeness (QED) is 0.794. The number of ether oxygens (including phenoxy) is 1.